The average Bonchev–Trinajstić information content (AvgIpc) is 2.86. The van der Waals surface area contributed by atoms with E-state index in [0.717, 1.165) is 24.8 Å². The van der Waals surface area contributed by atoms with Crippen molar-refractivity contribution in [1.29, 1.82) is 0 Å². The summed E-state index contributed by atoms with van der Waals surface area (Å²) in [7, 11) is 1.32. The van der Waals surface area contributed by atoms with Gasteiger partial charge in [0.25, 0.3) is 5.91 Å². The SMILES string of the molecule is CCC1CCC2(CC1)NC(=O)N(Cc1cccc(C(=O)OC)c1)C2=O. The summed E-state index contributed by atoms with van der Waals surface area (Å²) in [5.74, 6) is 0.0602. The zero-order valence-corrected chi connectivity index (χ0v) is 14.7. The van der Waals surface area contributed by atoms with Crippen LogP contribution >= 0.6 is 0 Å². The summed E-state index contributed by atoms with van der Waals surface area (Å²) in [6.45, 7) is 2.33. The predicted molar refractivity (Wildman–Crippen MR) is 91.8 cm³/mol. The van der Waals surface area contributed by atoms with Crippen molar-refractivity contribution < 1.29 is 19.1 Å². The van der Waals surface area contributed by atoms with Gasteiger partial charge in [0.1, 0.15) is 5.54 Å². The van der Waals surface area contributed by atoms with E-state index in [9.17, 15) is 14.4 Å². The lowest BCUT2D eigenvalue weighted by molar-refractivity contribution is -0.133. The van der Waals surface area contributed by atoms with Crippen LogP contribution in [0.1, 0.15) is 54.9 Å². The third kappa shape index (κ3) is 3.25. The molecular formula is C19H24N2O4. The Bertz CT molecular complexity index is 692. The van der Waals surface area contributed by atoms with Crippen molar-refractivity contribution in [1.82, 2.24) is 10.2 Å². The van der Waals surface area contributed by atoms with E-state index in [1.165, 1.54) is 12.0 Å². The van der Waals surface area contributed by atoms with Gasteiger partial charge in [0, 0.05) is 0 Å². The van der Waals surface area contributed by atoms with Crippen molar-refractivity contribution in [3.63, 3.8) is 0 Å². The molecule has 1 spiro atoms. The fourth-order valence-electron chi connectivity index (χ4n) is 3.83. The maximum absolute atomic E-state index is 12.9. The smallest absolute Gasteiger partial charge is 0.337 e. The highest BCUT2D eigenvalue weighted by Gasteiger charge is 2.52. The van der Waals surface area contributed by atoms with Crippen LogP contribution in [-0.2, 0) is 16.1 Å². The van der Waals surface area contributed by atoms with E-state index in [0.29, 0.717) is 24.3 Å². The lowest BCUT2D eigenvalue weighted by atomic mass is 9.75. The molecule has 0 bridgehead atoms. The number of hydrogen-bond donors (Lipinski definition) is 1. The van der Waals surface area contributed by atoms with Gasteiger partial charge in [0.05, 0.1) is 19.2 Å². The number of esters is 1. The van der Waals surface area contributed by atoms with Crippen LogP contribution in [0.3, 0.4) is 0 Å². The Morgan fingerprint density at radius 2 is 2.04 bits per heavy atom. The molecule has 3 amide bonds. The van der Waals surface area contributed by atoms with Crippen LogP contribution in [-0.4, -0.2) is 35.5 Å². The number of benzene rings is 1. The van der Waals surface area contributed by atoms with Gasteiger partial charge in [-0.1, -0.05) is 25.5 Å². The molecule has 0 radical (unpaired) electrons. The number of carbonyl (C=O) groups excluding carboxylic acids is 3. The molecule has 6 nitrogen and oxygen atoms in total. The Morgan fingerprint density at radius 3 is 2.68 bits per heavy atom. The highest BCUT2D eigenvalue weighted by molar-refractivity contribution is 6.07. The van der Waals surface area contributed by atoms with Crippen molar-refractivity contribution in [3.05, 3.63) is 35.4 Å². The first-order chi connectivity index (χ1) is 12.0. The second-order valence-electron chi connectivity index (χ2n) is 6.95. The number of hydrogen-bond acceptors (Lipinski definition) is 4. The highest BCUT2D eigenvalue weighted by atomic mass is 16.5. The van der Waals surface area contributed by atoms with Crippen molar-refractivity contribution in [2.75, 3.05) is 7.11 Å². The molecule has 3 rings (SSSR count). The van der Waals surface area contributed by atoms with Crippen LogP contribution < -0.4 is 5.32 Å². The number of imide groups is 1. The lowest BCUT2D eigenvalue weighted by Crippen LogP contribution is -2.49. The Balaban J connectivity index is 1.75. The van der Waals surface area contributed by atoms with Crippen LogP contribution in [0.5, 0.6) is 0 Å². The number of ether oxygens (including phenoxy) is 1. The topological polar surface area (TPSA) is 75.7 Å². The van der Waals surface area contributed by atoms with Gasteiger partial charge >= 0.3 is 12.0 Å². The van der Waals surface area contributed by atoms with Gasteiger partial charge in [-0.15, -0.1) is 0 Å². The van der Waals surface area contributed by atoms with Gasteiger partial charge in [-0.25, -0.2) is 9.59 Å². The molecular weight excluding hydrogens is 320 g/mol. The second-order valence-corrected chi connectivity index (χ2v) is 6.95. The fourth-order valence-corrected chi connectivity index (χ4v) is 3.83. The molecule has 1 heterocycles. The van der Waals surface area contributed by atoms with Gasteiger partial charge in [0.15, 0.2) is 0 Å². The Labute approximate surface area is 147 Å². The van der Waals surface area contributed by atoms with Crippen LogP contribution in [0, 0.1) is 5.92 Å². The standard InChI is InChI=1S/C19H24N2O4/c1-3-13-7-9-19(10-8-13)17(23)21(18(24)20-19)12-14-5-4-6-15(11-14)16(22)25-2/h4-6,11,13H,3,7-10,12H2,1-2H3,(H,20,24). The van der Waals surface area contributed by atoms with Gasteiger partial charge in [-0.3, -0.25) is 9.69 Å². The molecule has 1 aromatic rings. The second kappa shape index (κ2) is 6.86. The van der Waals surface area contributed by atoms with Crippen LogP contribution in [0.15, 0.2) is 24.3 Å². The van der Waals surface area contributed by atoms with E-state index in [-0.39, 0.29) is 18.5 Å². The molecule has 134 valence electrons. The molecule has 0 aromatic heterocycles. The maximum atomic E-state index is 12.9. The number of rotatable bonds is 4. The molecule has 0 atom stereocenters. The van der Waals surface area contributed by atoms with Crippen LogP contribution in [0.2, 0.25) is 0 Å². The minimum Gasteiger partial charge on any atom is -0.465 e. The zero-order chi connectivity index (χ0) is 18.0. The predicted octanol–water partition coefficient (Wildman–Crippen LogP) is 2.86. The Kier molecular flexibility index (Phi) is 4.79. The van der Waals surface area contributed by atoms with E-state index in [1.54, 1.807) is 24.3 Å². The summed E-state index contributed by atoms with van der Waals surface area (Å²) in [5, 5.41) is 2.93. The normalized spacial score (nSPS) is 26.0. The molecule has 1 saturated heterocycles. The summed E-state index contributed by atoms with van der Waals surface area (Å²) >= 11 is 0. The van der Waals surface area contributed by atoms with E-state index in [2.05, 4.69) is 12.2 Å². The number of amides is 3. The van der Waals surface area contributed by atoms with Crippen molar-refractivity contribution >= 4 is 17.9 Å². The maximum Gasteiger partial charge on any atom is 0.337 e. The minimum atomic E-state index is -0.733. The van der Waals surface area contributed by atoms with Crippen molar-refractivity contribution in [2.45, 2.75) is 51.1 Å². The molecule has 1 saturated carbocycles. The monoisotopic (exact) mass is 344 g/mol. The van der Waals surface area contributed by atoms with E-state index in [4.69, 9.17) is 4.74 Å². The highest BCUT2D eigenvalue weighted by Crippen LogP contribution is 2.38. The van der Waals surface area contributed by atoms with E-state index in [1.807, 2.05) is 0 Å². The molecule has 2 fully saturated rings. The Hall–Kier alpha value is -2.37. The number of methoxy groups -OCH3 is 1. The minimum absolute atomic E-state index is 0.143. The molecule has 1 N–H and O–H groups in total. The molecule has 2 aliphatic rings. The van der Waals surface area contributed by atoms with Crippen LogP contribution in [0.4, 0.5) is 4.79 Å². The third-order valence-electron chi connectivity index (χ3n) is 5.47. The summed E-state index contributed by atoms with van der Waals surface area (Å²) in [5.41, 5.74) is 0.402. The van der Waals surface area contributed by atoms with Crippen LogP contribution in [0.25, 0.3) is 0 Å². The number of carbonyl (C=O) groups is 3. The summed E-state index contributed by atoms with van der Waals surface area (Å²) in [6, 6.07) is 6.48. The lowest BCUT2D eigenvalue weighted by Gasteiger charge is -2.34. The van der Waals surface area contributed by atoms with Gasteiger partial charge in [-0.2, -0.15) is 0 Å². The van der Waals surface area contributed by atoms with E-state index >= 15 is 0 Å². The van der Waals surface area contributed by atoms with Crippen molar-refractivity contribution in [2.24, 2.45) is 5.92 Å². The van der Waals surface area contributed by atoms with Gasteiger partial charge in [-0.05, 0) is 49.3 Å². The average molecular weight is 344 g/mol. The third-order valence-corrected chi connectivity index (χ3v) is 5.47. The number of nitrogens with one attached hydrogen (secondary N) is 1. The molecule has 6 heteroatoms. The molecule has 1 aromatic carbocycles. The molecule has 0 unspecified atom stereocenters. The van der Waals surface area contributed by atoms with Gasteiger partial charge in [0.2, 0.25) is 0 Å². The Morgan fingerprint density at radius 1 is 1.32 bits per heavy atom. The summed E-state index contributed by atoms with van der Waals surface area (Å²) < 4.78 is 4.72. The summed E-state index contributed by atoms with van der Waals surface area (Å²) in [6.07, 6.45) is 4.45. The van der Waals surface area contributed by atoms with Gasteiger partial charge < -0.3 is 10.1 Å². The molecule has 1 aliphatic carbocycles. The number of nitrogens with zero attached hydrogens (tertiary/aromatic N) is 1. The van der Waals surface area contributed by atoms with E-state index < -0.39 is 11.5 Å². The molecule has 25 heavy (non-hydrogen) atoms. The summed E-state index contributed by atoms with van der Waals surface area (Å²) in [4.78, 5) is 38.2. The quantitative estimate of drug-likeness (QED) is 0.673. The largest absolute Gasteiger partial charge is 0.465 e. The zero-order valence-electron chi connectivity index (χ0n) is 14.7. The molecule has 1 aliphatic heterocycles. The fraction of sp³-hybridized carbons (Fsp3) is 0.526. The first-order valence-corrected chi connectivity index (χ1v) is 8.80. The number of urea groups is 1. The first kappa shape index (κ1) is 17.5. The van der Waals surface area contributed by atoms with Crippen molar-refractivity contribution in [3.8, 4) is 0 Å². The first-order valence-electron chi connectivity index (χ1n) is 8.80.